The first-order valence-corrected chi connectivity index (χ1v) is 17.8. The molecule has 10 rings (SSSR count). The van der Waals surface area contributed by atoms with Gasteiger partial charge in [-0.15, -0.1) is 0 Å². The van der Waals surface area contributed by atoms with Crippen LogP contribution in [-0.2, 0) is 0 Å². The van der Waals surface area contributed by atoms with Crippen LogP contribution in [-0.4, -0.2) is 0 Å². The summed E-state index contributed by atoms with van der Waals surface area (Å²) in [5.74, 6) is 0. The molecule has 0 N–H and O–H groups in total. The number of rotatable bonds is 6. The van der Waals surface area contributed by atoms with Crippen LogP contribution in [0.25, 0.3) is 76.9 Å². The van der Waals surface area contributed by atoms with Crippen LogP contribution in [0.1, 0.15) is 0 Å². The molecule has 10 aromatic rings. The molecule has 2 heteroatoms. The van der Waals surface area contributed by atoms with Crippen molar-refractivity contribution in [1.82, 2.24) is 0 Å². The highest BCUT2D eigenvalue weighted by atomic mass is 16.3. The third kappa shape index (κ3) is 5.21. The van der Waals surface area contributed by atoms with E-state index in [1.54, 1.807) is 0 Å². The maximum Gasteiger partial charge on any atom is 0.143 e. The van der Waals surface area contributed by atoms with E-state index in [4.69, 9.17) is 4.42 Å². The van der Waals surface area contributed by atoms with E-state index in [2.05, 4.69) is 199 Å². The second kappa shape index (κ2) is 12.5. The van der Waals surface area contributed by atoms with Gasteiger partial charge in [-0.25, -0.2) is 0 Å². The molecule has 0 unspecified atom stereocenters. The summed E-state index contributed by atoms with van der Waals surface area (Å²) in [5.41, 5.74) is 12.1. The van der Waals surface area contributed by atoms with Crippen molar-refractivity contribution in [2.75, 3.05) is 4.90 Å². The van der Waals surface area contributed by atoms with Gasteiger partial charge < -0.3 is 9.32 Å². The average Bonchev–Trinajstić information content (AvgIpc) is 3.60. The van der Waals surface area contributed by atoms with Gasteiger partial charge >= 0.3 is 0 Å². The molecule has 244 valence electrons. The molecule has 0 aliphatic carbocycles. The molecule has 0 radical (unpaired) electrons. The molecule has 9 aromatic carbocycles. The standard InChI is InChI=1S/C50H33NO/c1-3-10-34(11-4-1)35-20-26-41(27-21-35)51(43-30-24-39-19-18-38-14-7-8-15-44(38)47(39)33-43)42-28-22-36(23-29-42)40-25-31-49-48(32-40)46-17-9-16-45(50(46)52-49)37-12-5-2-6-13-37/h1-33H. The highest BCUT2D eigenvalue weighted by Crippen LogP contribution is 2.41. The zero-order valence-electron chi connectivity index (χ0n) is 28.4. The minimum Gasteiger partial charge on any atom is -0.455 e. The van der Waals surface area contributed by atoms with Crippen molar-refractivity contribution in [3.63, 3.8) is 0 Å². The lowest BCUT2D eigenvalue weighted by Gasteiger charge is -2.26. The number of furan rings is 1. The summed E-state index contributed by atoms with van der Waals surface area (Å²) in [6.45, 7) is 0. The van der Waals surface area contributed by atoms with E-state index in [1.165, 1.54) is 32.7 Å². The van der Waals surface area contributed by atoms with Crippen molar-refractivity contribution in [3.05, 3.63) is 200 Å². The largest absolute Gasteiger partial charge is 0.455 e. The molecule has 0 amide bonds. The third-order valence-electron chi connectivity index (χ3n) is 10.3. The van der Waals surface area contributed by atoms with E-state index in [9.17, 15) is 0 Å². The average molecular weight is 664 g/mol. The molecule has 0 bridgehead atoms. The topological polar surface area (TPSA) is 16.4 Å². The van der Waals surface area contributed by atoms with Crippen LogP contribution in [0.5, 0.6) is 0 Å². The number of hydrogen-bond donors (Lipinski definition) is 0. The summed E-state index contributed by atoms with van der Waals surface area (Å²) >= 11 is 0. The lowest BCUT2D eigenvalue weighted by atomic mass is 9.99. The number of fused-ring (bicyclic) bond motifs is 6. The van der Waals surface area contributed by atoms with Gasteiger partial charge in [-0.2, -0.15) is 0 Å². The van der Waals surface area contributed by atoms with Crippen LogP contribution in [0.4, 0.5) is 17.1 Å². The Morgan fingerprint density at radius 2 is 0.846 bits per heavy atom. The molecule has 0 saturated carbocycles. The van der Waals surface area contributed by atoms with Crippen molar-refractivity contribution in [2.45, 2.75) is 0 Å². The van der Waals surface area contributed by atoms with Crippen LogP contribution >= 0.6 is 0 Å². The Balaban J connectivity index is 1.06. The first-order valence-electron chi connectivity index (χ1n) is 17.8. The second-order valence-corrected chi connectivity index (χ2v) is 13.3. The molecule has 0 spiro atoms. The fourth-order valence-corrected chi connectivity index (χ4v) is 7.64. The van der Waals surface area contributed by atoms with Gasteiger partial charge in [0.1, 0.15) is 11.2 Å². The fourth-order valence-electron chi connectivity index (χ4n) is 7.64. The molecule has 0 aliphatic rings. The van der Waals surface area contributed by atoms with Crippen molar-refractivity contribution in [2.24, 2.45) is 0 Å². The third-order valence-corrected chi connectivity index (χ3v) is 10.3. The first kappa shape index (κ1) is 30.0. The highest BCUT2D eigenvalue weighted by molar-refractivity contribution is 6.11. The molecule has 2 nitrogen and oxygen atoms in total. The van der Waals surface area contributed by atoms with Crippen LogP contribution in [0.3, 0.4) is 0 Å². The summed E-state index contributed by atoms with van der Waals surface area (Å²) in [6.07, 6.45) is 0. The van der Waals surface area contributed by atoms with Gasteiger partial charge in [0.15, 0.2) is 0 Å². The minimum absolute atomic E-state index is 0.896. The molecule has 52 heavy (non-hydrogen) atoms. The lowest BCUT2D eigenvalue weighted by Crippen LogP contribution is -2.09. The predicted molar refractivity (Wildman–Crippen MR) is 220 cm³/mol. The van der Waals surface area contributed by atoms with E-state index in [-0.39, 0.29) is 0 Å². The Hall–Kier alpha value is -6.90. The van der Waals surface area contributed by atoms with Crippen LogP contribution in [0.2, 0.25) is 0 Å². The number of anilines is 3. The summed E-state index contributed by atoms with van der Waals surface area (Å²) in [6, 6.07) is 71.7. The number of hydrogen-bond acceptors (Lipinski definition) is 2. The van der Waals surface area contributed by atoms with Gasteiger partial charge in [0.05, 0.1) is 0 Å². The molecule has 1 heterocycles. The summed E-state index contributed by atoms with van der Waals surface area (Å²) < 4.78 is 6.46. The van der Waals surface area contributed by atoms with Crippen LogP contribution in [0.15, 0.2) is 205 Å². The Kier molecular flexibility index (Phi) is 7.18. The molecular formula is C50H33NO. The lowest BCUT2D eigenvalue weighted by molar-refractivity contribution is 0.670. The van der Waals surface area contributed by atoms with Gasteiger partial charge in [-0.3, -0.25) is 0 Å². The van der Waals surface area contributed by atoms with E-state index in [0.717, 1.165) is 61.3 Å². The molecule has 0 atom stereocenters. The van der Waals surface area contributed by atoms with Gasteiger partial charge in [0.25, 0.3) is 0 Å². The first-order chi connectivity index (χ1) is 25.8. The minimum atomic E-state index is 0.896. The zero-order chi connectivity index (χ0) is 34.4. The number of benzene rings is 9. The molecular weight excluding hydrogens is 631 g/mol. The van der Waals surface area contributed by atoms with Gasteiger partial charge in [0, 0.05) is 33.4 Å². The summed E-state index contributed by atoms with van der Waals surface area (Å²) in [7, 11) is 0. The molecule has 1 aromatic heterocycles. The summed E-state index contributed by atoms with van der Waals surface area (Å²) in [5, 5.41) is 7.23. The smallest absolute Gasteiger partial charge is 0.143 e. The van der Waals surface area contributed by atoms with Gasteiger partial charge in [0.2, 0.25) is 0 Å². The molecule has 0 aliphatic heterocycles. The quantitative estimate of drug-likeness (QED) is 0.165. The predicted octanol–water partition coefficient (Wildman–Crippen LogP) is 14.4. The number of para-hydroxylation sites is 1. The van der Waals surface area contributed by atoms with Crippen molar-refractivity contribution in [3.8, 4) is 33.4 Å². The fraction of sp³-hybridized carbons (Fsp3) is 0. The monoisotopic (exact) mass is 663 g/mol. The number of nitrogens with zero attached hydrogens (tertiary/aromatic N) is 1. The van der Waals surface area contributed by atoms with E-state index in [0.29, 0.717) is 0 Å². The molecule has 0 saturated heterocycles. The Morgan fingerprint density at radius 3 is 1.58 bits per heavy atom. The maximum absolute atomic E-state index is 6.46. The van der Waals surface area contributed by atoms with E-state index >= 15 is 0 Å². The van der Waals surface area contributed by atoms with Crippen molar-refractivity contribution >= 4 is 60.5 Å². The Labute approximate surface area is 302 Å². The summed E-state index contributed by atoms with van der Waals surface area (Å²) in [4.78, 5) is 2.36. The second-order valence-electron chi connectivity index (χ2n) is 13.3. The van der Waals surface area contributed by atoms with Crippen molar-refractivity contribution in [1.29, 1.82) is 0 Å². The zero-order valence-corrected chi connectivity index (χ0v) is 28.4. The Bertz CT molecular complexity index is 2870. The van der Waals surface area contributed by atoms with Gasteiger partial charge in [-0.1, -0.05) is 152 Å². The normalized spacial score (nSPS) is 11.5. The SMILES string of the molecule is c1ccc(-c2ccc(N(c3ccc(-c4ccc5oc6c(-c7ccccc7)cccc6c5c4)cc3)c3ccc4ccc5ccccc5c4c3)cc2)cc1. The maximum atomic E-state index is 6.46. The highest BCUT2D eigenvalue weighted by Gasteiger charge is 2.16. The Morgan fingerprint density at radius 1 is 0.308 bits per heavy atom. The van der Waals surface area contributed by atoms with Crippen LogP contribution in [0, 0.1) is 0 Å². The molecule has 0 fully saturated rings. The van der Waals surface area contributed by atoms with Gasteiger partial charge in [-0.05, 0) is 97.9 Å². The van der Waals surface area contributed by atoms with Crippen LogP contribution < -0.4 is 4.90 Å². The van der Waals surface area contributed by atoms with E-state index < -0.39 is 0 Å². The van der Waals surface area contributed by atoms with E-state index in [1.807, 2.05) is 6.07 Å². The van der Waals surface area contributed by atoms with Crippen molar-refractivity contribution < 1.29 is 4.42 Å².